The molecule has 0 spiro atoms. The molecule has 0 aromatic heterocycles. The highest BCUT2D eigenvalue weighted by molar-refractivity contribution is 6.06. The van der Waals surface area contributed by atoms with Gasteiger partial charge in [0.2, 0.25) is 11.6 Å². The van der Waals surface area contributed by atoms with Crippen LogP contribution in [0.5, 0.6) is 11.5 Å². The van der Waals surface area contributed by atoms with Gasteiger partial charge in [0, 0.05) is 17.2 Å². The van der Waals surface area contributed by atoms with Crippen LogP contribution in [-0.2, 0) is 6.61 Å². The first-order chi connectivity index (χ1) is 15.7. The van der Waals surface area contributed by atoms with Crippen molar-refractivity contribution in [1.82, 2.24) is 0 Å². The van der Waals surface area contributed by atoms with Crippen LogP contribution >= 0.6 is 0 Å². The molecule has 0 atom stereocenters. The minimum atomic E-state index is -1.63. The van der Waals surface area contributed by atoms with Crippen molar-refractivity contribution in [2.24, 2.45) is 0 Å². The minimum Gasteiger partial charge on any atom is -0.496 e. The molecule has 0 bridgehead atoms. The maximum atomic E-state index is 13.9. The van der Waals surface area contributed by atoms with Crippen molar-refractivity contribution in [2.75, 3.05) is 7.11 Å². The van der Waals surface area contributed by atoms with E-state index in [4.69, 9.17) is 9.47 Å². The van der Waals surface area contributed by atoms with Crippen molar-refractivity contribution >= 4 is 11.9 Å². The molecule has 0 aliphatic rings. The number of hydrogen-bond acceptors (Lipinski definition) is 3. The third-order valence-electron chi connectivity index (χ3n) is 5.04. The monoisotopic (exact) mass is 458 g/mol. The van der Waals surface area contributed by atoms with Crippen LogP contribution < -0.4 is 9.47 Å². The van der Waals surface area contributed by atoms with E-state index < -0.39 is 35.6 Å². The van der Waals surface area contributed by atoms with Gasteiger partial charge in [0.1, 0.15) is 12.4 Å². The first-order valence-electron chi connectivity index (χ1n) is 10.2. The van der Waals surface area contributed by atoms with Gasteiger partial charge >= 0.3 is 0 Å². The summed E-state index contributed by atoms with van der Waals surface area (Å²) >= 11 is 0. The van der Waals surface area contributed by atoms with Gasteiger partial charge in [-0.3, -0.25) is 4.79 Å². The number of ether oxygens (including phenoxy) is 2. The Morgan fingerprint density at radius 2 is 1.58 bits per heavy atom. The van der Waals surface area contributed by atoms with Crippen LogP contribution in [0.2, 0.25) is 0 Å². The molecule has 0 unspecified atom stereocenters. The number of rotatable bonds is 8. The van der Waals surface area contributed by atoms with Gasteiger partial charge < -0.3 is 9.47 Å². The number of ketones is 1. The fourth-order valence-electron chi connectivity index (χ4n) is 3.14. The zero-order valence-electron chi connectivity index (χ0n) is 18.3. The fraction of sp³-hybridized carbons (Fsp3) is 0.192. The molecule has 0 aliphatic heterocycles. The molecule has 3 rings (SSSR count). The zero-order valence-corrected chi connectivity index (χ0v) is 18.3. The molecule has 0 amide bonds. The van der Waals surface area contributed by atoms with Gasteiger partial charge in [-0.25, -0.2) is 8.78 Å². The summed E-state index contributed by atoms with van der Waals surface area (Å²) < 4.78 is 64.8. The van der Waals surface area contributed by atoms with E-state index in [1.165, 1.54) is 13.2 Å². The first-order valence-corrected chi connectivity index (χ1v) is 10.2. The number of hydrogen-bond donors (Lipinski definition) is 0. The molecule has 7 heteroatoms. The third kappa shape index (κ3) is 5.61. The summed E-state index contributed by atoms with van der Waals surface area (Å²) in [6.45, 7) is 3.71. The summed E-state index contributed by atoms with van der Waals surface area (Å²) in [7, 11) is 1.39. The average molecular weight is 458 g/mol. The molecule has 3 aromatic rings. The number of allylic oxidation sites excluding steroid dienone is 1. The van der Waals surface area contributed by atoms with Gasteiger partial charge in [0.05, 0.1) is 7.11 Å². The van der Waals surface area contributed by atoms with Crippen LogP contribution in [0.4, 0.5) is 17.6 Å². The summed E-state index contributed by atoms with van der Waals surface area (Å²) in [5.74, 6) is -7.04. The molecule has 0 aliphatic carbocycles. The largest absolute Gasteiger partial charge is 0.496 e. The Kier molecular flexibility index (Phi) is 7.53. The third-order valence-corrected chi connectivity index (χ3v) is 5.04. The second-order valence-corrected chi connectivity index (χ2v) is 7.63. The summed E-state index contributed by atoms with van der Waals surface area (Å²) in [6, 6.07) is 12.3. The van der Waals surface area contributed by atoms with Crippen molar-refractivity contribution < 1.29 is 31.8 Å². The highest BCUT2D eigenvalue weighted by atomic mass is 19.2. The SMILES string of the molecule is COc1ccc(/C=C/C(=O)c2ccc(C(C)C)cc2)cc1COc1c(F)c(F)cc(F)c1F. The van der Waals surface area contributed by atoms with Gasteiger partial charge in [-0.15, -0.1) is 0 Å². The molecule has 3 nitrogen and oxygen atoms in total. The van der Waals surface area contributed by atoms with E-state index in [0.29, 0.717) is 28.4 Å². The van der Waals surface area contributed by atoms with Crippen LogP contribution in [0.1, 0.15) is 46.8 Å². The van der Waals surface area contributed by atoms with Gasteiger partial charge in [0.25, 0.3) is 0 Å². The molecule has 0 saturated heterocycles. The maximum absolute atomic E-state index is 13.9. The lowest BCUT2D eigenvalue weighted by atomic mass is 10.00. The summed E-state index contributed by atoms with van der Waals surface area (Å²) in [5.41, 5.74) is 2.61. The van der Waals surface area contributed by atoms with E-state index in [2.05, 4.69) is 13.8 Å². The lowest BCUT2D eigenvalue weighted by molar-refractivity contribution is 0.104. The molecular formula is C26H22F4O3. The summed E-state index contributed by atoms with van der Waals surface area (Å²) in [5, 5.41) is 0. The Morgan fingerprint density at radius 1 is 0.939 bits per heavy atom. The quantitative estimate of drug-likeness (QED) is 0.160. The molecule has 0 heterocycles. The number of methoxy groups -OCH3 is 1. The molecule has 0 fully saturated rings. The highest BCUT2D eigenvalue weighted by Crippen LogP contribution is 2.29. The van der Waals surface area contributed by atoms with E-state index in [-0.39, 0.29) is 11.8 Å². The van der Waals surface area contributed by atoms with Gasteiger partial charge in [-0.05, 0) is 35.3 Å². The highest BCUT2D eigenvalue weighted by Gasteiger charge is 2.21. The smallest absolute Gasteiger partial charge is 0.203 e. The summed E-state index contributed by atoms with van der Waals surface area (Å²) in [6.07, 6.45) is 2.97. The van der Waals surface area contributed by atoms with E-state index >= 15 is 0 Å². The second-order valence-electron chi connectivity index (χ2n) is 7.63. The Morgan fingerprint density at radius 3 is 2.15 bits per heavy atom. The molecular weight excluding hydrogens is 436 g/mol. The maximum Gasteiger partial charge on any atom is 0.203 e. The predicted octanol–water partition coefficient (Wildman–Crippen LogP) is 6.85. The normalized spacial score (nSPS) is 11.3. The minimum absolute atomic E-state index is 0.108. The molecule has 0 N–H and O–H groups in total. The van der Waals surface area contributed by atoms with E-state index in [9.17, 15) is 22.4 Å². The van der Waals surface area contributed by atoms with Crippen LogP contribution in [0.3, 0.4) is 0 Å². The first kappa shape index (κ1) is 24.0. The standard InChI is InChI=1S/C26H22F4O3/c1-15(2)17-6-8-18(9-7-17)22(31)10-4-16-5-11-23(32-3)19(12-16)14-33-26-24(29)20(27)13-21(28)25(26)30/h4-13,15H,14H2,1-3H3/b10-4+. The molecule has 33 heavy (non-hydrogen) atoms. The number of benzene rings is 3. The van der Waals surface area contributed by atoms with Crippen molar-refractivity contribution in [1.29, 1.82) is 0 Å². The Bertz CT molecular complexity index is 1160. The summed E-state index contributed by atoms with van der Waals surface area (Å²) in [4.78, 5) is 12.5. The Labute approximate surface area is 189 Å². The Hall–Kier alpha value is -3.61. The van der Waals surface area contributed by atoms with E-state index in [1.54, 1.807) is 36.4 Å². The van der Waals surface area contributed by atoms with E-state index in [1.807, 2.05) is 12.1 Å². The molecule has 3 aromatic carbocycles. The van der Waals surface area contributed by atoms with Gasteiger partial charge in [-0.1, -0.05) is 50.3 Å². The lowest BCUT2D eigenvalue weighted by Gasteiger charge is -2.13. The van der Waals surface area contributed by atoms with Crippen LogP contribution in [0, 0.1) is 23.3 Å². The Balaban J connectivity index is 1.79. The van der Waals surface area contributed by atoms with Crippen LogP contribution in [0.25, 0.3) is 6.08 Å². The van der Waals surface area contributed by atoms with Gasteiger partial charge in [0.15, 0.2) is 23.2 Å². The molecule has 0 saturated carbocycles. The van der Waals surface area contributed by atoms with Crippen molar-refractivity contribution in [2.45, 2.75) is 26.4 Å². The fourth-order valence-corrected chi connectivity index (χ4v) is 3.14. The molecule has 172 valence electrons. The molecule has 0 radical (unpaired) electrons. The number of halogens is 4. The van der Waals surface area contributed by atoms with Crippen LogP contribution in [0.15, 0.2) is 54.6 Å². The van der Waals surface area contributed by atoms with Gasteiger partial charge in [-0.2, -0.15) is 8.78 Å². The van der Waals surface area contributed by atoms with Crippen molar-refractivity contribution in [3.63, 3.8) is 0 Å². The van der Waals surface area contributed by atoms with E-state index in [0.717, 1.165) is 5.56 Å². The van der Waals surface area contributed by atoms with Crippen molar-refractivity contribution in [3.8, 4) is 11.5 Å². The van der Waals surface area contributed by atoms with Crippen molar-refractivity contribution in [3.05, 3.63) is 100 Å². The van der Waals surface area contributed by atoms with Crippen LogP contribution in [-0.4, -0.2) is 12.9 Å². The number of carbonyl (C=O) groups excluding carboxylic acids is 1. The topological polar surface area (TPSA) is 35.5 Å². The average Bonchev–Trinajstić information content (AvgIpc) is 2.81. The second kappa shape index (κ2) is 10.3. The lowest BCUT2D eigenvalue weighted by Crippen LogP contribution is -2.05. The number of carbonyl (C=O) groups is 1. The predicted molar refractivity (Wildman–Crippen MR) is 117 cm³/mol. The zero-order chi connectivity index (χ0) is 24.1.